The van der Waals surface area contributed by atoms with Crippen molar-refractivity contribution < 1.29 is 8.76 Å². The predicted molar refractivity (Wildman–Crippen MR) is 105 cm³/mol. The van der Waals surface area contributed by atoms with Gasteiger partial charge < -0.3 is 9.87 Å². The second-order valence-electron chi connectivity index (χ2n) is 6.06. The highest BCUT2D eigenvalue weighted by Gasteiger charge is 2.10. The minimum absolute atomic E-state index is 0.258. The third-order valence-corrected chi connectivity index (χ3v) is 5.30. The lowest BCUT2D eigenvalue weighted by atomic mass is 10.1. The minimum Gasteiger partial charge on any atom is -0.768 e. The van der Waals surface area contributed by atoms with Crippen LogP contribution in [0.1, 0.15) is 38.3 Å². The summed E-state index contributed by atoms with van der Waals surface area (Å²) in [6.45, 7) is 2.20. The van der Waals surface area contributed by atoms with E-state index in [9.17, 15) is 8.76 Å². The second kappa shape index (κ2) is 8.75. The van der Waals surface area contributed by atoms with Gasteiger partial charge in [-0.2, -0.15) is 9.61 Å². The van der Waals surface area contributed by atoms with Gasteiger partial charge in [-0.15, -0.1) is 0 Å². The van der Waals surface area contributed by atoms with Crippen molar-refractivity contribution in [1.82, 2.24) is 14.6 Å². The molecule has 0 amide bonds. The van der Waals surface area contributed by atoms with Crippen molar-refractivity contribution in [2.24, 2.45) is 0 Å². The Morgan fingerprint density at radius 3 is 2.69 bits per heavy atom. The van der Waals surface area contributed by atoms with Gasteiger partial charge >= 0.3 is 0 Å². The number of aryl methyl sites for hydroxylation is 1. The van der Waals surface area contributed by atoms with Crippen LogP contribution in [0.2, 0.25) is 0 Å². The van der Waals surface area contributed by atoms with Gasteiger partial charge in [-0.3, -0.25) is 4.21 Å². The van der Waals surface area contributed by atoms with Crippen LogP contribution in [0.15, 0.2) is 45.9 Å². The molecule has 0 spiro atoms. The summed E-state index contributed by atoms with van der Waals surface area (Å²) >= 11 is 1.27. The Morgan fingerprint density at radius 2 is 2.00 bits per heavy atom. The zero-order valence-corrected chi connectivity index (χ0v) is 16.8. The first-order valence-electron chi connectivity index (χ1n) is 8.58. The van der Waals surface area contributed by atoms with Gasteiger partial charge in [-0.1, -0.05) is 26.2 Å². The van der Waals surface area contributed by atoms with Crippen LogP contribution in [0, 0.1) is 0 Å². The lowest BCUT2D eigenvalue weighted by Gasteiger charge is -2.12. The number of hydrogen-bond donors (Lipinski definition) is 1. The van der Waals surface area contributed by atoms with Crippen molar-refractivity contribution in [3.8, 4) is 0 Å². The average molecular weight is 436 g/mol. The number of halogens is 1. The zero-order valence-electron chi connectivity index (χ0n) is 14.4. The molecule has 0 saturated heterocycles. The number of nitrogens with zero attached hydrogens (tertiary/aromatic N) is 3. The summed E-state index contributed by atoms with van der Waals surface area (Å²) in [7, 11) is 0. The molecule has 3 aromatic rings. The van der Waals surface area contributed by atoms with Gasteiger partial charge in [-0.25, -0.2) is 4.98 Å². The number of anilines is 2. The van der Waals surface area contributed by atoms with Crippen LogP contribution in [0.25, 0.3) is 5.65 Å². The highest BCUT2D eigenvalue weighted by atomic mass is 79.9. The fourth-order valence-electron chi connectivity index (χ4n) is 2.73. The molecule has 0 radical (unpaired) electrons. The number of nitrogens with one attached hydrogen (secondary N) is 1. The topological polar surface area (TPSA) is 82.3 Å². The maximum absolute atomic E-state index is 11.0. The first-order chi connectivity index (χ1) is 12.6. The number of aromatic nitrogens is 3. The van der Waals surface area contributed by atoms with Gasteiger partial charge in [0, 0.05) is 22.3 Å². The summed E-state index contributed by atoms with van der Waals surface area (Å²) in [5, 5.41) is 7.66. The first kappa shape index (κ1) is 19.0. The van der Waals surface area contributed by atoms with Crippen LogP contribution in [0.3, 0.4) is 0 Å². The van der Waals surface area contributed by atoms with Crippen molar-refractivity contribution in [2.75, 3.05) is 5.32 Å². The number of hydrogen-bond acceptors (Lipinski definition) is 5. The first-order valence-corrected chi connectivity index (χ1v) is 10.4. The predicted octanol–water partition coefficient (Wildman–Crippen LogP) is 4.60. The SMILES string of the molecule is CCCCCCc1cc(Nc2ccc(S(=O)[O-])cc2)n2ncc(Br)c2n1. The Bertz CT molecular complexity index is 911. The van der Waals surface area contributed by atoms with Crippen LogP contribution >= 0.6 is 15.9 Å². The highest BCUT2D eigenvalue weighted by Crippen LogP contribution is 2.24. The Hall–Kier alpha value is -1.77. The molecule has 1 aromatic carbocycles. The van der Waals surface area contributed by atoms with Gasteiger partial charge in [0.1, 0.15) is 5.82 Å². The molecule has 2 heterocycles. The molecule has 26 heavy (non-hydrogen) atoms. The summed E-state index contributed by atoms with van der Waals surface area (Å²) in [6, 6.07) is 8.59. The number of benzene rings is 1. The Balaban J connectivity index is 1.86. The molecule has 3 rings (SSSR count). The summed E-state index contributed by atoms with van der Waals surface area (Å²) in [6.07, 6.45) is 7.37. The smallest absolute Gasteiger partial charge is 0.171 e. The van der Waals surface area contributed by atoms with E-state index < -0.39 is 11.1 Å². The molecule has 0 aliphatic carbocycles. The Labute approximate surface area is 163 Å². The van der Waals surface area contributed by atoms with E-state index in [1.807, 2.05) is 6.07 Å². The third-order valence-electron chi connectivity index (χ3n) is 4.09. The van der Waals surface area contributed by atoms with E-state index in [1.165, 1.54) is 19.3 Å². The molecule has 2 aromatic heterocycles. The number of fused-ring (bicyclic) bond motifs is 1. The van der Waals surface area contributed by atoms with Crippen molar-refractivity contribution in [3.63, 3.8) is 0 Å². The van der Waals surface area contributed by atoms with E-state index in [1.54, 1.807) is 35.0 Å². The molecule has 0 aliphatic heterocycles. The molecule has 1 N–H and O–H groups in total. The molecule has 1 atom stereocenters. The van der Waals surface area contributed by atoms with E-state index in [0.29, 0.717) is 0 Å². The van der Waals surface area contributed by atoms with E-state index in [2.05, 4.69) is 33.3 Å². The highest BCUT2D eigenvalue weighted by molar-refractivity contribution is 9.10. The lowest BCUT2D eigenvalue weighted by Crippen LogP contribution is -2.04. The van der Waals surface area contributed by atoms with Crippen LogP contribution in [0.4, 0.5) is 11.5 Å². The van der Waals surface area contributed by atoms with Crippen LogP contribution in [-0.2, 0) is 17.5 Å². The van der Waals surface area contributed by atoms with Crippen molar-refractivity contribution in [1.29, 1.82) is 0 Å². The summed E-state index contributed by atoms with van der Waals surface area (Å²) < 4.78 is 24.6. The maximum Gasteiger partial charge on any atom is 0.171 e. The van der Waals surface area contributed by atoms with Crippen molar-refractivity contribution in [2.45, 2.75) is 43.9 Å². The third kappa shape index (κ3) is 4.49. The average Bonchev–Trinajstić information content (AvgIpc) is 3.01. The van der Waals surface area contributed by atoms with E-state index in [0.717, 1.165) is 40.2 Å². The molecule has 0 saturated carbocycles. The Kier molecular flexibility index (Phi) is 6.39. The second-order valence-corrected chi connectivity index (χ2v) is 7.85. The van der Waals surface area contributed by atoms with Crippen LogP contribution in [-0.4, -0.2) is 23.4 Å². The number of unbranched alkanes of at least 4 members (excludes halogenated alkanes) is 3. The zero-order chi connectivity index (χ0) is 18.5. The minimum atomic E-state index is -2.22. The van der Waals surface area contributed by atoms with Crippen molar-refractivity contribution in [3.05, 3.63) is 46.7 Å². The molecular weight excluding hydrogens is 416 g/mol. The van der Waals surface area contributed by atoms with Gasteiger partial charge in [0.2, 0.25) is 0 Å². The summed E-state index contributed by atoms with van der Waals surface area (Å²) in [4.78, 5) is 4.96. The molecular formula is C18H20BrN4O2S-. The summed E-state index contributed by atoms with van der Waals surface area (Å²) in [5.74, 6) is 0.794. The van der Waals surface area contributed by atoms with E-state index in [4.69, 9.17) is 4.98 Å². The lowest BCUT2D eigenvalue weighted by molar-refractivity contribution is 0.537. The monoisotopic (exact) mass is 435 g/mol. The molecule has 8 heteroatoms. The molecule has 138 valence electrons. The van der Waals surface area contributed by atoms with Crippen LogP contribution < -0.4 is 5.32 Å². The normalized spacial score (nSPS) is 12.4. The fraction of sp³-hybridized carbons (Fsp3) is 0.333. The largest absolute Gasteiger partial charge is 0.768 e. The molecule has 0 bridgehead atoms. The van der Waals surface area contributed by atoms with Gasteiger partial charge in [0.05, 0.1) is 10.7 Å². The molecule has 1 unspecified atom stereocenters. The van der Waals surface area contributed by atoms with Crippen LogP contribution in [0.5, 0.6) is 0 Å². The quantitative estimate of drug-likeness (QED) is 0.412. The summed E-state index contributed by atoms with van der Waals surface area (Å²) in [5.41, 5.74) is 2.56. The van der Waals surface area contributed by atoms with E-state index >= 15 is 0 Å². The molecule has 0 fully saturated rings. The van der Waals surface area contributed by atoms with Gasteiger partial charge in [0.25, 0.3) is 0 Å². The van der Waals surface area contributed by atoms with Crippen molar-refractivity contribution >= 4 is 44.2 Å². The number of rotatable bonds is 8. The van der Waals surface area contributed by atoms with E-state index in [-0.39, 0.29) is 4.90 Å². The van der Waals surface area contributed by atoms with Gasteiger partial charge in [0.15, 0.2) is 5.65 Å². The fourth-order valence-corrected chi connectivity index (χ4v) is 3.44. The maximum atomic E-state index is 11.0. The Morgan fingerprint density at radius 1 is 1.23 bits per heavy atom. The standard InChI is InChI=1S/C18H21BrN4O2S/c1-2-3-4-5-6-14-11-17(23-18(22-14)16(19)12-20-23)21-13-7-9-15(10-8-13)26(24)25/h7-12,21H,2-6H2,1H3,(H,24,25)/p-1. The van der Waals surface area contributed by atoms with Gasteiger partial charge in [-0.05, 0) is 64.1 Å². The molecule has 0 aliphatic rings. The molecule has 6 nitrogen and oxygen atoms in total.